The molecule has 0 spiro atoms. The highest BCUT2D eigenvalue weighted by Gasteiger charge is 2.18. The van der Waals surface area contributed by atoms with E-state index in [1.54, 1.807) is 18.2 Å². The summed E-state index contributed by atoms with van der Waals surface area (Å²) < 4.78 is 7.61. The number of hydrogen-bond donors (Lipinski definition) is 1. The molecule has 0 bridgehead atoms. The van der Waals surface area contributed by atoms with Gasteiger partial charge >= 0.3 is 0 Å². The van der Waals surface area contributed by atoms with Crippen molar-refractivity contribution in [1.29, 1.82) is 5.26 Å². The molecule has 1 aliphatic heterocycles. The van der Waals surface area contributed by atoms with Crippen molar-refractivity contribution in [2.45, 2.75) is 42.6 Å². The second-order valence-electron chi connectivity index (χ2n) is 8.52. The van der Waals surface area contributed by atoms with Crippen molar-refractivity contribution < 1.29 is 14.5 Å². The summed E-state index contributed by atoms with van der Waals surface area (Å²) in [5.41, 5.74) is 3.79. The zero-order chi connectivity index (χ0) is 25.7. The number of hydrogen-bond acceptors (Lipinski definition) is 6. The van der Waals surface area contributed by atoms with Gasteiger partial charge in [0.15, 0.2) is 0 Å². The van der Waals surface area contributed by atoms with E-state index in [0.29, 0.717) is 13.2 Å². The Hall–Kier alpha value is -3.87. The van der Waals surface area contributed by atoms with E-state index in [1.165, 1.54) is 23.9 Å². The summed E-state index contributed by atoms with van der Waals surface area (Å²) in [5.74, 6) is -0.398. The first-order valence-corrected chi connectivity index (χ1v) is 12.4. The summed E-state index contributed by atoms with van der Waals surface area (Å²) in [4.78, 5) is 24.9. The maximum absolute atomic E-state index is 12.5. The monoisotopic (exact) mass is 502 g/mol. The van der Waals surface area contributed by atoms with Crippen LogP contribution in [0.3, 0.4) is 0 Å². The number of amides is 1. The molecule has 0 saturated carbocycles. The van der Waals surface area contributed by atoms with Gasteiger partial charge in [-0.2, -0.15) is 5.26 Å². The Morgan fingerprint density at radius 3 is 2.47 bits per heavy atom. The molecule has 36 heavy (non-hydrogen) atoms. The summed E-state index contributed by atoms with van der Waals surface area (Å²) in [5, 5.41) is 23.2. The smallest absolute Gasteiger partial charge is 0.269 e. The van der Waals surface area contributed by atoms with Crippen LogP contribution in [0.1, 0.15) is 29.8 Å². The Balaban J connectivity index is 1.48. The molecule has 0 aliphatic carbocycles. The minimum atomic E-state index is -0.411. The van der Waals surface area contributed by atoms with Gasteiger partial charge < -0.3 is 14.6 Å². The van der Waals surface area contributed by atoms with Crippen molar-refractivity contribution in [2.24, 2.45) is 0 Å². The number of carbonyl (C=O) groups excluding carboxylic acids is 1. The van der Waals surface area contributed by atoms with E-state index in [4.69, 9.17) is 4.74 Å². The first-order chi connectivity index (χ1) is 17.4. The average Bonchev–Trinajstić information content (AvgIpc) is 3.49. The third kappa shape index (κ3) is 5.85. The quantitative estimate of drug-likeness (QED) is 0.192. The number of aromatic nitrogens is 1. The molecule has 0 radical (unpaired) electrons. The van der Waals surface area contributed by atoms with Crippen LogP contribution in [-0.2, 0) is 9.53 Å². The molecular weight excluding hydrogens is 476 g/mol. The topological polar surface area (TPSA) is 110 Å². The van der Waals surface area contributed by atoms with Crippen LogP contribution >= 0.6 is 11.8 Å². The predicted octanol–water partition coefficient (Wildman–Crippen LogP) is 5.36. The highest BCUT2D eigenvalue weighted by atomic mass is 32.2. The summed E-state index contributed by atoms with van der Waals surface area (Å²) in [6, 6.07) is 18.4. The standard InChI is InChI=1S/C27H26N4O4S/c1-18-14-20(15-21(16-28)27(32)29-17-24-4-3-13-35-24)19(2)30(18)22-5-9-25(10-6-22)36-26-11-7-23(8-12-26)31(33)34/h5-12,14-15,24H,3-4,13,17H2,1-2H3,(H,29,32)/b21-15-/t24-/m0/s1. The Labute approximate surface area is 213 Å². The molecule has 1 amide bonds. The second-order valence-corrected chi connectivity index (χ2v) is 9.67. The van der Waals surface area contributed by atoms with Gasteiger partial charge in [0, 0.05) is 52.2 Å². The van der Waals surface area contributed by atoms with E-state index in [-0.39, 0.29) is 17.4 Å². The number of nitriles is 1. The molecule has 1 atom stereocenters. The number of nitro benzene ring substituents is 1. The van der Waals surface area contributed by atoms with Crippen LogP contribution in [0.15, 0.2) is 70.0 Å². The molecule has 9 heteroatoms. The van der Waals surface area contributed by atoms with Crippen LogP contribution in [0.4, 0.5) is 5.69 Å². The van der Waals surface area contributed by atoms with Crippen molar-refractivity contribution in [3.63, 3.8) is 0 Å². The average molecular weight is 503 g/mol. The molecule has 1 N–H and O–H groups in total. The van der Waals surface area contributed by atoms with E-state index < -0.39 is 10.8 Å². The Bertz CT molecular complexity index is 1330. The van der Waals surface area contributed by atoms with Gasteiger partial charge in [0.2, 0.25) is 0 Å². The Kier molecular flexibility index (Phi) is 7.88. The lowest BCUT2D eigenvalue weighted by Crippen LogP contribution is -2.32. The highest BCUT2D eigenvalue weighted by Crippen LogP contribution is 2.30. The molecule has 8 nitrogen and oxygen atoms in total. The fourth-order valence-corrected chi connectivity index (χ4v) is 4.99. The van der Waals surface area contributed by atoms with Crippen molar-refractivity contribution >= 4 is 29.4 Å². The first kappa shape index (κ1) is 25.2. The fraction of sp³-hybridized carbons (Fsp3) is 0.259. The van der Waals surface area contributed by atoms with Crippen molar-refractivity contribution in [1.82, 2.24) is 9.88 Å². The van der Waals surface area contributed by atoms with Crippen molar-refractivity contribution in [3.8, 4) is 11.8 Å². The van der Waals surface area contributed by atoms with Crippen molar-refractivity contribution in [2.75, 3.05) is 13.2 Å². The van der Waals surface area contributed by atoms with E-state index in [1.807, 2.05) is 50.2 Å². The molecule has 0 unspecified atom stereocenters. The minimum Gasteiger partial charge on any atom is -0.376 e. The van der Waals surface area contributed by atoms with E-state index >= 15 is 0 Å². The van der Waals surface area contributed by atoms with Gasteiger partial charge in [0.1, 0.15) is 11.6 Å². The van der Waals surface area contributed by atoms with E-state index in [2.05, 4.69) is 9.88 Å². The predicted molar refractivity (Wildman–Crippen MR) is 138 cm³/mol. The van der Waals surface area contributed by atoms with Crippen LogP contribution in [0.25, 0.3) is 11.8 Å². The van der Waals surface area contributed by atoms with Gasteiger partial charge in [-0.25, -0.2) is 0 Å². The number of aryl methyl sites for hydroxylation is 1. The van der Waals surface area contributed by atoms with Crippen LogP contribution in [0.5, 0.6) is 0 Å². The number of nitrogens with one attached hydrogen (secondary N) is 1. The molecule has 3 aromatic rings. The summed E-state index contributed by atoms with van der Waals surface area (Å²) in [7, 11) is 0. The molecule has 1 aromatic heterocycles. The summed E-state index contributed by atoms with van der Waals surface area (Å²) in [6.07, 6.45) is 3.55. The molecule has 184 valence electrons. The molecule has 1 saturated heterocycles. The Morgan fingerprint density at radius 2 is 1.89 bits per heavy atom. The highest BCUT2D eigenvalue weighted by molar-refractivity contribution is 7.99. The lowest BCUT2D eigenvalue weighted by atomic mass is 10.1. The summed E-state index contributed by atoms with van der Waals surface area (Å²) in [6.45, 7) is 5.05. The van der Waals surface area contributed by atoms with Crippen molar-refractivity contribution in [3.05, 3.63) is 87.2 Å². The number of non-ortho nitro benzene ring substituents is 1. The van der Waals surface area contributed by atoms with Crippen LogP contribution < -0.4 is 5.32 Å². The third-order valence-electron chi connectivity index (χ3n) is 6.03. The zero-order valence-electron chi connectivity index (χ0n) is 20.1. The molecule has 1 fully saturated rings. The van der Waals surface area contributed by atoms with Crippen LogP contribution in [0.2, 0.25) is 0 Å². The zero-order valence-corrected chi connectivity index (χ0v) is 20.9. The van der Waals surface area contributed by atoms with Crippen LogP contribution in [-0.4, -0.2) is 34.7 Å². The van der Waals surface area contributed by atoms with Gasteiger partial charge in [-0.05, 0) is 80.8 Å². The van der Waals surface area contributed by atoms with E-state index in [9.17, 15) is 20.2 Å². The van der Waals surface area contributed by atoms with Gasteiger partial charge in [-0.15, -0.1) is 0 Å². The minimum absolute atomic E-state index is 0.0144. The number of rotatable bonds is 8. The number of carbonyl (C=O) groups is 1. The van der Waals surface area contributed by atoms with Gasteiger partial charge in [0.25, 0.3) is 11.6 Å². The third-order valence-corrected chi connectivity index (χ3v) is 7.04. The molecule has 2 aromatic carbocycles. The van der Waals surface area contributed by atoms with Gasteiger partial charge in [-0.3, -0.25) is 14.9 Å². The molecule has 1 aliphatic rings. The normalized spacial score (nSPS) is 15.5. The number of nitro groups is 1. The molecular formula is C27H26N4O4S. The van der Waals surface area contributed by atoms with Gasteiger partial charge in [-0.1, -0.05) is 11.8 Å². The number of ether oxygens (including phenoxy) is 1. The molecule has 2 heterocycles. The second kappa shape index (κ2) is 11.2. The first-order valence-electron chi connectivity index (χ1n) is 11.6. The fourth-order valence-electron chi connectivity index (χ4n) is 4.18. The lowest BCUT2D eigenvalue weighted by molar-refractivity contribution is -0.384. The summed E-state index contributed by atoms with van der Waals surface area (Å²) >= 11 is 1.52. The molecule has 4 rings (SSSR count). The maximum atomic E-state index is 12.5. The largest absolute Gasteiger partial charge is 0.376 e. The number of benzene rings is 2. The maximum Gasteiger partial charge on any atom is 0.269 e. The van der Waals surface area contributed by atoms with Gasteiger partial charge in [0.05, 0.1) is 11.0 Å². The lowest BCUT2D eigenvalue weighted by Gasteiger charge is -2.11. The van der Waals surface area contributed by atoms with E-state index in [0.717, 1.165) is 45.3 Å². The number of nitrogens with zero attached hydrogens (tertiary/aromatic N) is 3. The Morgan fingerprint density at radius 1 is 1.22 bits per heavy atom. The van der Waals surface area contributed by atoms with Crippen LogP contribution in [0, 0.1) is 35.3 Å². The SMILES string of the molecule is Cc1cc(/C=C(/C#N)C(=O)NC[C@@H]2CCCO2)c(C)n1-c1ccc(Sc2ccc([N+](=O)[O-])cc2)cc1.